The normalized spacial score (nSPS) is 9.18. The number of amidine groups is 1. The van der Waals surface area contributed by atoms with E-state index in [0.29, 0.717) is 0 Å². The van der Waals surface area contributed by atoms with Gasteiger partial charge in [0.1, 0.15) is 0 Å². The molecular weight excluding hydrogens is 205 g/mol. The molecule has 3 nitrogen and oxygen atoms in total. The van der Waals surface area contributed by atoms with Crippen LogP contribution in [0.25, 0.3) is 0 Å². The van der Waals surface area contributed by atoms with E-state index in [1.807, 2.05) is 30.3 Å². The Morgan fingerprint density at radius 3 is 2.36 bits per heavy atom. The van der Waals surface area contributed by atoms with E-state index in [4.69, 9.17) is 11.3 Å². The number of benzene rings is 1. The first-order valence-electron chi connectivity index (χ1n) is 3.07. The summed E-state index contributed by atoms with van der Waals surface area (Å²) in [7, 11) is 0. The average Bonchev–Trinajstić information content (AvgIpc) is 2.05. The van der Waals surface area contributed by atoms with Gasteiger partial charge in [0.25, 0.3) is 0 Å². The monoisotopic (exact) mass is 214 g/mol. The van der Waals surface area contributed by atoms with Crippen molar-refractivity contribution >= 4 is 26.4 Å². The first-order valence-corrected chi connectivity index (χ1v) is 3.93. The molecule has 57 valence electrons. The molecule has 0 aliphatic heterocycles. The molecule has 0 aliphatic carbocycles. The summed E-state index contributed by atoms with van der Waals surface area (Å²) < 4.78 is 0.205. The Kier molecular flexibility index (Phi) is 2.65. The third-order valence-corrected chi connectivity index (χ3v) is 1.67. The number of nitrogens with one attached hydrogen (secondary N) is 1. The summed E-state index contributed by atoms with van der Waals surface area (Å²) in [4.78, 5) is 0. The quantitative estimate of drug-likeness (QED) is 0.234. The molecule has 0 atom stereocenters. The predicted octanol–water partition coefficient (Wildman–Crippen LogP) is 0.470. The van der Waals surface area contributed by atoms with Gasteiger partial charge in [-0.25, -0.2) is 0 Å². The summed E-state index contributed by atoms with van der Waals surface area (Å²) in [5.74, 6) is 5.52. The van der Waals surface area contributed by atoms with Crippen LogP contribution in [0.3, 0.4) is 0 Å². The summed E-state index contributed by atoms with van der Waals surface area (Å²) in [6.45, 7) is 0. The van der Waals surface area contributed by atoms with Crippen molar-refractivity contribution in [1.82, 2.24) is 0 Å². The van der Waals surface area contributed by atoms with Gasteiger partial charge < -0.3 is 0 Å². The topological polar surface area (TPSA) is 53.1 Å². The fraction of sp³-hybridized carbons (Fsp3) is 0. The zero-order valence-electron chi connectivity index (χ0n) is 5.82. The number of anilines is 1. The van der Waals surface area contributed by atoms with Gasteiger partial charge in [-0.1, -0.05) is 0 Å². The summed E-state index contributed by atoms with van der Waals surface area (Å²) in [6.07, 6.45) is 0. The maximum atomic E-state index is 7.18. The van der Waals surface area contributed by atoms with Crippen molar-refractivity contribution in [3.05, 3.63) is 30.3 Å². The van der Waals surface area contributed by atoms with Gasteiger partial charge in [0.2, 0.25) is 0 Å². The molecule has 1 aromatic rings. The third-order valence-electron chi connectivity index (χ3n) is 1.25. The second-order valence-corrected chi connectivity index (χ2v) is 2.82. The van der Waals surface area contributed by atoms with Crippen LogP contribution < -0.4 is 10.9 Å². The van der Waals surface area contributed by atoms with Crippen molar-refractivity contribution in [2.75, 3.05) is 5.01 Å². The Hall–Kier alpha value is -0.831. The van der Waals surface area contributed by atoms with Crippen LogP contribution in [0.4, 0.5) is 5.69 Å². The van der Waals surface area contributed by atoms with Crippen LogP contribution in [0.5, 0.6) is 0 Å². The van der Waals surface area contributed by atoms with Crippen LogP contribution in [-0.2, 0) is 0 Å². The van der Waals surface area contributed by atoms with Crippen molar-refractivity contribution in [1.29, 1.82) is 5.41 Å². The number of para-hydroxylation sites is 1. The first kappa shape index (κ1) is 8.27. The minimum atomic E-state index is 0.205. The second kappa shape index (κ2) is 3.53. The Bertz CT molecular complexity index is 247. The van der Waals surface area contributed by atoms with E-state index < -0.39 is 0 Å². The molecular formula is C7H8N3Se. The number of hydrogen-bond donors (Lipinski definition) is 2. The Morgan fingerprint density at radius 2 is 1.91 bits per heavy atom. The molecule has 0 aromatic heterocycles. The molecule has 3 N–H and O–H groups in total. The molecule has 4 heteroatoms. The van der Waals surface area contributed by atoms with Gasteiger partial charge in [-0.2, -0.15) is 0 Å². The van der Waals surface area contributed by atoms with Crippen molar-refractivity contribution in [3.63, 3.8) is 0 Å². The summed E-state index contributed by atoms with van der Waals surface area (Å²) in [6, 6.07) is 9.33. The molecule has 0 fully saturated rings. The zero-order valence-corrected chi connectivity index (χ0v) is 7.53. The zero-order chi connectivity index (χ0) is 8.27. The second-order valence-electron chi connectivity index (χ2n) is 2.01. The van der Waals surface area contributed by atoms with E-state index in [2.05, 4.69) is 16.0 Å². The van der Waals surface area contributed by atoms with Crippen molar-refractivity contribution in [3.8, 4) is 0 Å². The van der Waals surface area contributed by atoms with Gasteiger partial charge in [-0.05, 0) is 0 Å². The van der Waals surface area contributed by atoms with Crippen LogP contribution in [0, 0.1) is 5.41 Å². The van der Waals surface area contributed by atoms with Gasteiger partial charge in [0, 0.05) is 0 Å². The Labute approximate surface area is 73.5 Å². The van der Waals surface area contributed by atoms with E-state index in [1.165, 1.54) is 5.01 Å². The van der Waals surface area contributed by atoms with E-state index in [9.17, 15) is 0 Å². The maximum absolute atomic E-state index is 7.18. The van der Waals surface area contributed by atoms with E-state index >= 15 is 0 Å². The molecule has 0 spiro atoms. The van der Waals surface area contributed by atoms with Gasteiger partial charge in [-0.15, -0.1) is 0 Å². The standard InChI is InChI=1S/C7H8N3Se/c8-7(11)10(9)6-4-2-1-3-5-6/h1-5,8H,9H2. The molecule has 0 saturated heterocycles. The fourth-order valence-corrected chi connectivity index (χ4v) is 0.927. The molecule has 0 bridgehead atoms. The van der Waals surface area contributed by atoms with Gasteiger partial charge in [-0.3, -0.25) is 0 Å². The van der Waals surface area contributed by atoms with Gasteiger partial charge in [0.15, 0.2) is 0 Å². The molecule has 0 heterocycles. The summed E-state index contributed by atoms with van der Waals surface area (Å²) in [5, 5.41) is 8.46. The molecule has 0 unspecified atom stereocenters. The molecule has 1 rings (SSSR count). The number of nitrogens with zero attached hydrogens (tertiary/aromatic N) is 1. The predicted molar refractivity (Wildman–Crippen MR) is 46.6 cm³/mol. The molecule has 11 heavy (non-hydrogen) atoms. The van der Waals surface area contributed by atoms with Crippen LogP contribution in [0.2, 0.25) is 0 Å². The van der Waals surface area contributed by atoms with E-state index in [-0.39, 0.29) is 4.73 Å². The molecule has 1 radical (unpaired) electrons. The third kappa shape index (κ3) is 2.05. The molecule has 0 amide bonds. The van der Waals surface area contributed by atoms with Crippen molar-refractivity contribution in [2.24, 2.45) is 5.84 Å². The van der Waals surface area contributed by atoms with Crippen LogP contribution >= 0.6 is 0 Å². The first-order chi connectivity index (χ1) is 5.22. The Balaban J connectivity index is 2.85. The average molecular weight is 213 g/mol. The van der Waals surface area contributed by atoms with Crippen LogP contribution in [-0.4, -0.2) is 20.7 Å². The number of rotatable bonds is 1. The SMILES string of the molecule is N=C([Se])N(N)c1ccccc1. The van der Waals surface area contributed by atoms with Gasteiger partial charge >= 0.3 is 73.0 Å². The van der Waals surface area contributed by atoms with E-state index in [1.54, 1.807) is 0 Å². The van der Waals surface area contributed by atoms with Crippen molar-refractivity contribution < 1.29 is 0 Å². The van der Waals surface area contributed by atoms with Gasteiger partial charge in [0.05, 0.1) is 0 Å². The molecule has 0 aliphatic rings. The number of hydrazine groups is 1. The Morgan fingerprint density at radius 1 is 1.36 bits per heavy atom. The molecule has 0 saturated carbocycles. The summed E-state index contributed by atoms with van der Waals surface area (Å²) >= 11 is 2.52. The fourth-order valence-electron chi connectivity index (χ4n) is 0.706. The summed E-state index contributed by atoms with van der Waals surface area (Å²) in [5.41, 5.74) is 0.802. The number of hydrogen-bond acceptors (Lipinski definition) is 2. The number of nitrogens with two attached hydrogens (primary N) is 1. The van der Waals surface area contributed by atoms with E-state index in [0.717, 1.165) is 5.69 Å². The van der Waals surface area contributed by atoms with Crippen LogP contribution in [0.15, 0.2) is 30.3 Å². The minimum absolute atomic E-state index is 0.205. The van der Waals surface area contributed by atoms with Crippen molar-refractivity contribution in [2.45, 2.75) is 0 Å². The van der Waals surface area contributed by atoms with Crippen LogP contribution in [0.1, 0.15) is 0 Å². The molecule has 1 aromatic carbocycles.